The summed E-state index contributed by atoms with van der Waals surface area (Å²) in [7, 11) is 0. The lowest BCUT2D eigenvalue weighted by molar-refractivity contribution is 0.100. The van der Waals surface area contributed by atoms with Crippen LogP contribution in [-0.4, -0.2) is 22.6 Å². The molecule has 0 spiro atoms. The fourth-order valence-corrected chi connectivity index (χ4v) is 1.73. The normalized spacial score (nSPS) is 10.8. The Morgan fingerprint density at radius 2 is 2.31 bits per heavy atom. The largest absolute Gasteiger partial charge is 0.396 e. The van der Waals surface area contributed by atoms with Crippen molar-refractivity contribution in [1.29, 1.82) is 0 Å². The molecule has 16 heavy (non-hydrogen) atoms. The predicted molar refractivity (Wildman–Crippen MR) is 61.9 cm³/mol. The van der Waals surface area contributed by atoms with Gasteiger partial charge in [-0.05, 0) is 30.5 Å². The van der Waals surface area contributed by atoms with Crippen LogP contribution in [-0.2, 0) is 6.42 Å². The van der Waals surface area contributed by atoms with Gasteiger partial charge >= 0.3 is 0 Å². The molecule has 4 N–H and O–H groups in total. The quantitative estimate of drug-likeness (QED) is 0.714. The van der Waals surface area contributed by atoms with E-state index in [1.165, 1.54) is 0 Å². The summed E-state index contributed by atoms with van der Waals surface area (Å²) in [5, 5.41) is 9.78. The topological polar surface area (TPSA) is 79.1 Å². The van der Waals surface area contributed by atoms with Crippen LogP contribution in [0.15, 0.2) is 24.4 Å². The Kier molecular flexibility index (Phi) is 2.92. The monoisotopic (exact) mass is 217 g/mol. The summed E-state index contributed by atoms with van der Waals surface area (Å²) in [5.41, 5.74) is 7.68. The number of aromatic nitrogens is 1. The van der Waals surface area contributed by atoms with Gasteiger partial charge in [-0.3, -0.25) is 4.79 Å². The standard InChI is InChI=1S/C12H13N2O2/c13-12(16)8-3-4-10-9(2-1-5-15)7-14-11(10)6-8/h1,3-4,6-7,14-15H,2,5H2,(H2,13,16). The van der Waals surface area contributed by atoms with Gasteiger partial charge in [0.2, 0.25) is 5.91 Å². The van der Waals surface area contributed by atoms with E-state index < -0.39 is 5.91 Å². The van der Waals surface area contributed by atoms with Crippen LogP contribution in [0.5, 0.6) is 0 Å². The van der Waals surface area contributed by atoms with Crippen molar-refractivity contribution < 1.29 is 9.90 Å². The number of aliphatic hydroxyl groups is 1. The van der Waals surface area contributed by atoms with Gasteiger partial charge in [-0.25, -0.2) is 0 Å². The zero-order valence-corrected chi connectivity index (χ0v) is 8.73. The number of hydrogen-bond acceptors (Lipinski definition) is 2. The smallest absolute Gasteiger partial charge is 0.248 e. The third kappa shape index (κ3) is 1.92. The second-order valence-corrected chi connectivity index (χ2v) is 3.61. The van der Waals surface area contributed by atoms with E-state index in [0.29, 0.717) is 12.0 Å². The van der Waals surface area contributed by atoms with Crippen LogP contribution in [0.4, 0.5) is 0 Å². The summed E-state index contributed by atoms with van der Waals surface area (Å²) in [4.78, 5) is 14.1. The molecule has 0 saturated heterocycles. The highest BCUT2D eigenvalue weighted by molar-refractivity contribution is 5.97. The van der Waals surface area contributed by atoms with Crippen LogP contribution in [0.1, 0.15) is 15.9 Å². The fraction of sp³-hybridized carbons (Fsp3) is 0.167. The number of benzene rings is 1. The number of H-pyrrole nitrogens is 1. The number of carbonyl (C=O) groups is 1. The molecule has 0 fully saturated rings. The van der Waals surface area contributed by atoms with E-state index in [0.717, 1.165) is 16.5 Å². The molecule has 0 atom stereocenters. The number of carbonyl (C=O) groups excluding carboxylic acids is 1. The van der Waals surface area contributed by atoms with E-state index in [1.54, 1.807) is 18.6 Å². The van der Waals surface area contributed by atoms with Crippen molar-refractivity contribution in [1.82, 2.24) is 4.98 Å². The molecule has 2 rings (SSSR count). The maximum Gasteiger partial charge on any atom is 0.248 e. The molecule has 1 aromatic heterocycles. The van der Waals surface area contributed by atoms with Gasteiger partial charge in [0.1, 0.15) is 0 Å². The van der Waals surface area contributed by atoms with Crippen LogP contribution in [0.3, 0.4) is 0 Å². The highest BCUT2D eigenvalue weighted by Gasteiger charge is 2.06. The van der Waals surface area contributed by atoms with E-state index in [9.17, 15) is 4.79 Å². The van der Waals surface area contributed by atoms with Gasteiger partial charge in [-0.2, -0.15) is 0 Å². The molecule has 0 bridgehead atoms. The maximum absolute atomic E-state index is 11.0. The third-order valence-electron chi connectivity index (χ3n) is 2.55. The molecule has 83 valence electrons. The number of amides is 1. The average Bonchev–Trinajstić information content (AvgIpc) is 2.68. The first kappa shape index (κ1) is 10.7. The highest BCUT2D eigenvalue weighted by atomic mass is 16.2. The Bertz CT molecular complexity index is 517. The number of nitrogens with two attached hydrogens (primary N) is 1. The highest BCUT2D eigenvalue weighted by Crippen LogP contribution is 2.20. The Morgan fingerprint density at radius 1 is 1.50 bits per heavy atom. The van der Waals surface area contributed by atoms with Gasteiger partial charge < -0.3 is 15.8 Å². The van der Waals surface area contributed by atoms with Crippen molar-refractivity contribution in [2.45, 2.75) is 6.42 Å². The SMILES string of the molecule is NC(=O)c1ccc2c(C[CH]CO)c[nH]c2c1. The second kappa shape index (κ2) is 4.37. The molecule has 1 radical (unpaired) electrons. The van der Waals surface area contributed by atoms with Gasteiger partial charge in [0.25, 0.3) is 0 Å². The lowest BCUT2D eigenvalue weighted by Crippen LogP contribution is -2.10. The van der Waals surface area contributed by atoms with Gasteiger partial charge in [0.05, 0.1) is 0 Å². The third-order valence-corrected chi connectivity index (χ3v) is 2.55. The van der Waals surface area contributed by atoms with Crippen molar-refractivity contribution in [3.8, 4) is 0 Å². The molecule has 1 heterocycles. The molecular formula is C12H13N2O2. The molecule has 0 aliphatic rings. The van der Waals surface area contributed by atoms with E-state index in [2.05, 4.69) is 4.98 Å². The summed E-state index contributed by atoms with van der Waals surface area (Å²) < 4.78 is 0. The van der Waals surface area contributed by atoms with Crippen LogP contribution in [0.25, 0.3) is 10.9 Å². The van der Waals surface area contributed by atoms with Crippen LogP contribution < -0.4 is 5.73 Å². The Morgan fingerprint density at radius 3 is 3.00 bits per heavy atom. The Balaban J connectivity index is 2.38. The zero-order valence-electron chi connectivity index (χ0n) is 8.73. The number of aromatic amines is 1. The maximum atomic E-state index is 11.0. The van der Waals surface area contributed by atoms with Crippen molar-refractivity contribution in [2.24, 2.45) is 5.73 Å². The van der Waals surface area contributed by atoms with Crippen LogP contribution in [0, 0.1) is 6.42 Å². The molecule has 0 unspecified atom stereocenters. The van der Waals surface area contributed by atoms with Crippen molar-refractivity contribution in [2.75, 3.05) is 6.61 Å². The molecule has 0 saturated carbocycles. The van der Waals surface area contributed by atoms with Gasteiger partial charge in [0.15, 0.2) is 0 Å². The number of hydrogen-bond donors (Lipinski definition) is 3. The number of primary amides is 1. The summed E-state index contributed by atoms with van der Waals surface area (Å²) in [6.07, 6.45) is 4.36. The van der Waals surface area contributed by atoms with E-state index in [4.69, 9.17) is 10.8 Å². The van der Waals surface area contributed by atoms with Gasteiger partial charge in [0, 0.05) is 29.3 Å². The first-order valence-corrected chi connectivity index (χ1v) is 5.04. The minimum absolute atomic E-state index is 0.0616. The molecule has 2 aromatic rings. The molecule has 4 heteroatoms. The number of nitrogens with one attached hydrogen (secondary N) is 1. The van der Waals surface area contributed by atoms with Crippen molar-refractivity contribution >= 4 is 16.8 Å². The minimum Gasteiger partial charge on any atom is -0.396 e. The van der Waals surface area contributed by atoms with Crippen molar-refractivity contribution in [3.05, 3.63) is 41.9 Å². The van der Waals surface area contributed by atoms with Crippen LogP contribution >= 0.6 is 0 Å². The Labute approximate surface area is 93.1 Å². The number of aliphatic hydroxyl groups excluding tert-OH is 1. The Hall–Kier alpha value is -1.81. The van der Waals surface area contributed by atoms with E-state index in [-0.39, 0.29) is 6.61 Å². The fourth-order valence-electron chi connectivity index (χ4n) is 1.73. The van der Waals surface area contributed by atoms with Gasteiger partial charge in [-0.15, -0.1) is 0 Å². The molecule has 4 nitrogen and oxygen atoms in total. The lowest BCUT2D eigenvalue weighted by atomic mass is 10.1. The molecule has 1 amide bonds. The second-order valence-electron chi connectivity index (χ2n) is 3.61. The van der Waals surface area contributed by atoms with E-state index >= 15 is 0 Å². The summed E-state index contributed by atoms with van der Waals surface area (Å²) >= 11 is 0. The molecule has 0 aliphatic heterocycles. The van der Waals surface area contributed by atoms with E-state index in [1.807, 2.05) is 12.3 Å². The summed E-state index contributed by atoms with van der Waals surface area (Å²) in [5.74, 6) is -0.431. The number of fused-ring (bicyclic) bond motifs is 1. The summed E-state index contributed by atoms with van der Waals surface area (Å²) in [6, 6.07) is 5.31. The van der Waals surface area contributed by atoms with Crippen LogP contribution in [0.2, 0.25) is 0 Å². The first-order valence-electron chi connectivity index (χ1n) is 5.04. The molecular weight excluding hydrogens is 204 g/mol. The minimum atomic E-state index is -0.431. The predicted octanol–water partition coefficient (Wildman–Crippen LogP) is 1.01. The number of rotatable bonds is 4. The molecule has 0 aliphatic carbocycles. The zero-order chi connectivity index (χ0) is 11.5. The lowest BCUT2D eigenvalue weighted by Gasteiger charge is -1.98. The first-order chi connectivity index (χ1) is 7.72. The summed E-state index contributed by atoms with van der Waals surface area (Å²) in [6.45, 7) is 0.0616. The van der Waals surface area contributed by atoms with Crippen molar-refractivity contribution in [3.63, 3.8) is 0 Å². The van der Waals surface area contributed by atoms with Gasteiger partial charge in [-0.1, -0.05) is 6.07 Å². The average molecular weight is 217 g/mol. The molecule has 1 aromatic carbocycles.